The highest BCUT2D eigenvalue weighted by molar-refractivity contribution is 6.33. The van der Waals surface area contributed by atoms with E-state index < -0.39 is 58.0 Å². The zero-order valence-electron chi connectivity index (χ0n) is 37.1. The molecule has 0 aliphatic rings. The van der Waals surface area contributed by atoms with Gasteiger partial charge in [-0.1, -0.05) is 23.2 Å². The van der Waals surface area contributed by atoms with Gasteiger partial charge in [0.2, 0.25) is 12.1 Å². The number of nitrogens with zero attached hydrogens (tertiary/aromatic N) is 4. The van der Waals surface area contributed by atoms with Gasteiger partial charge in [-0.25, -0.2) is 0 Å². The summed E-state index contributed by atoms with van der Waals surface area (Å²) in [5.41, 5.74) is 3.12. The van der Waals surface area contributed by atoms with Crippen LogP contribution in [0.5, 0.6) is 11.5 Å². The van der Waals surface area contributed by atoms with Crippen LogP contribution in [0.3, 0.4) is 0 Å². The smallest absolute Gasteiger partial charge is 0.258 e. The molecule has 4 unspecified atom stereocenters. The van der Waals surface area contributed by atoms with Gasteiger partial charge >= 0.3 is 0 Å². The predicted molar refractivity (Wildman–Crippen MR) is 265 cm³/mol. The molecule has 68 heavy (non-hydrogen) atoms. The Labute approximate surface area is 416 Å². The van der Waals surface area contributed by atoms with Crippen LogP contribution in [-0.4, -0.2) is 61.5 Å². The lowest BCUT2D eigenvalue weighted by atomic mass is 10.1. The molecule has 0 aromatic heterocycles. The highest BCUT2D eigenvalue weighted by atomic mass is 35.5. The Morgan fingerprint density at radius 1 is 0.559 bits per heavy atom. The maximum absolute atomic E-state index is 13.5. The number of Topliss-reactive ketones (excluding diaryl/α,β-unsaturated/α-hetero) is 2. The molecule has 0 aliphatic carbocycles. The van der Waals surface area contributed by atoms with Crippen LogP contribution in [0, 0.1) is 0 Å². The normalized spacial score (nSPS) is 13.0. The number of halogens is 5. The van der Waals surface area contributed by atoms with E-state index >= 15 is 0 Å². The van der Waals surface area contributed by atoms with Gasteiger partial charge in [-0.2, -0.15) is 20.5 Å². The van der Waals surface area contributed by atoms with Crippen molar-refractivity contribution in [2.24, 2.45) is 20.5 Å². The molecule has 0 heterocycles. The number of carbonyl (C=O) groups is 6. The minimum absolute atomic E-state index is 0.00460. The predicted octanol–water partition coefficient (Wildman–Crippen LogP) is 12.2. The van der Waals surface area contributed by atoms with Crippen molar-refractivity contribution in [3.63, 3.8) is 0 Å². The second-order valence-corrected chi connectivity index (χ2v) is 17.2. The Balaban J connectivity index is 1.27. The third-order valence-electron chi connectivity index (χ3n) is 9.89. The third-order valence-corrected chi connectivity index (χ3v) is 11.3. The first-order valence-electron chi connectivity index (χ1n) is 20.3. The Morgan fingerprint density at radius 2 is 0.985 bits per heavy atom. The zero-order chi connectivity index (χ0) is 49.8. The van der Waals surface area contributed by atoms with Gasteiger partial charge in [0.25, 0.3) is 23.6 Å². The molecule has 4 atom stereocenters. The fourth-order valence-electron chi connectivity index (χ4n) is 6.26. The third kappa shape index (κ3) is 13.6. The maximum Gasteiger partial charge on any atom is 0.258 e. The summed E-state index contributed by atoms with van der Waals surface area (Å²) in [5.74, 6) is -3.15. The number of nitrogens with one attached hydrogen (secondary N) is 4. The molecule has 4 amide bonds. The highest BCUT2D eigenvalue weighted by Gasteiger charge is 2.27. The number of ketones is 2. The maximum atomic E-state index is 13.5. The lowest BCUT2D eigenvalue weighted by Gasteiger charge is -2.15. The van der Waals surface area contributed by atoms with Crippen molar-refractivity contribution in [2.45, 2.75) is 56.4 Å². The molecular formula is C47H43Cl5N8O8. The molecule has 0 fully saturated rings. The zero-order valence-corrected chi connectivity index (χ0v) is 40.9. The van der Waals surface area contributed by atoms with E-state index in [1.54, 1.807) is 50.2 Å². The number of ether oxygens (including phenoxy) is 2. The summed E-state index contributed by atoms with van der Waals surface area (Å²) in [7, 11) is 3.03. The van der Waals surface area contributed by atoms with E-state index in [0.717, 1.165) is 13.8 Å². The molecule has 16 nitrogen and oxygen atoms in total. The van der Waals surface area contributed by atoms with E-state index in [4.69, 9.17) is 67.5 Å². The standard InChI is InChI=1S/C47H43Cl5N8O8/c1-23(49)33-20-31(67-5)10-15-38(33)55-44(63)27-7-12-35(51)40(18-27)57-59-42(25(3)61)46(65)53-30-9-14-37(29(17-30)22-48)54-47(66)43(26(4)62)60-58-41-19-28(8-13-36(41)52)45(64)56-39-16-11-32(68-6)21-34(39)24(2)50/h7-21,23-24,42-43H,22H2,1-6H3,(H,53,65)(H,54,66)(H,55,63)(H,56,64). The van der Waals surface area contributed by atoms with Gasteiger partial charge in [0.05, 0.1) is 35.0 Å². The average Bonchev–Trinajstić information content (AvgIpc) is 3.30. The van der Waals surface area contributed by atoms with Crippen LogP contribution in [0.1, 0.15) is 75.9 Å². The van der Waals surface area contributed by atoms with Gasteiger partial charge in [0.15, 0.2) is 11.6 Å². The van der Waals surface area contributed by atoms with Crippen molar-refractivity contribution in [1.82, 2.24) is 0 Å². The van der Waals surface area contributed by atoms with Crippen LogP contribution < -0.4 is 30.7 Å². The van der Waals surface area contributed by atoms with E-state index in [1.807, 2.05) is 0 Å². The van der Waals surface area contributed by atoms with Crippen LogP contribution in [0.15, 0.2) is 111 Å². The Morgan fingerprint density at radius 3 is 1.38 bits per heavy atom. The first kappa shape index (κ1) is 52.5. The Kier molecular flexibility index (Phi) is 18.6. The van der Waals surface area contributed by atoms with Gasteiger partial charge in [-0.15, -0.1) is 34.8 Å². The van der Waals surface area contributed by atoms with Gasteiger partial charge in [0.1, 0.15) is 22.9 Å². The number of amides is 4. The number of alkyl halides is 3. The summed E-state index contributed by atoms with van der Waals surface area (Å²) in [6, 6.07) is 19.5. The largest absolute Gasteiger partial charge is 0.497 e. The molecule has 5 aromatic rings. The average molecular weight is 1030 g/mol. The number of hydrogen-bond donors (Lipinski definition) is 4. The number of benzene rings is 5. The van der Waals surface area contributed by atoms with Crippen LogP contribution >= 0.6 is 58.0 Å². The van der Waals surface area contributed by atoms with Gasteiger partial charge < -0.3 is 30.7 Å². The molecule has 21 heteroatoms. The monoisotopic (exact) mass is 1020 g/mol. The molecule has 354 valence electrons. The van der Waals surface area contributed by atoms with Crippen molar-refractivity contribution in [3.8, 4) is 11.5 Å². The summed E-state index contributed by atoms with van der Waals surface area (Å²) < 4.78 is 10.5. The first-order chi connectivity index (χ1) is 32.3. The lowest BCUT2D eigenvalue weighted by Crippen LogP contribution is -2.32. The molecule has 0 bridgehead atoms. The van der Waals surface area contributed by atoms with E-state index in [0.29, 0.717) is 39.6 Å². The van der Waals surface area contributed by atoms with Crippen molar-refractivity contribution < 1.29 is 38.2 Å². The number of methoxy groups -OCH3 is 2. The summed E-state index contributed by atoms with van der Waals surface area (Å²) in [5, 5.41) is 26.1. The molecule has 0 radical (unpaired) electrons. The van der Waals surface area contributed by atoms with Gasteiger partial charge in [-0.05, 0) is 135 Å². The summed E-state index contributed by atoms with van der Waals surface area (Å²) >= 11 is 31.7. The molecule has 5 rings (SSSR count). The Hall–Kier alpha value is -6.43. The molecule has 0 saturated carbocycles. The van der Waals surface area contributed by atoms with E-state index in [-0.39, 0.29) is 49.8 Å². The first-order valence-corrected chi connectivity index (χ1v) is 22.5. The van der Waals surface area contributed by atoms with E-state index in [9.17, 15) is 28.8 Å². The van der Waals surface area contributed by atoms with Crippen molar-refractivity contribution in [2.75, 3.05) is 35.5 Å². The number of hydrogen-bond acceptors (Lipinski definition) is 12. The second-order valence-electron chi connectivity index (χ2n) is 14.8. The molecule has 4 N–H and O–H groups in total. The number of rotatable bonds is 19. The van der Waals surface area contributed by atoms with Crippen LogP contribution in [0.4, 0.5) is 34.1 Å². The minimum atomic E-state index is -1.65. The van der Waals surface area contributed by atoms with Crippen molar-refractivity contribution in [3.05, 3.63) is 129 Å². The molecular weight excluding hydrogens is 982 g/mol. The van der Waals surface area contributed by atoms with Crippen LogP contribution in [-0.2, 0) is 25.1 Å². The van der Waals surface area contributed by atoms with Crippen LogP contribution in [0.25, 0.3) is 0 Å². The number of azo groups is 2. The fourth-order valence-corrected chi connectivity index (χ4v) is 7.16. The van der Waals surface area contributed by atoms with Gasteiger partial charge in [0, 0.05) is 39.8 Å². The molecule has 0 aliphatic heterocycles. The number of anilines is 4. The highest BCUT2D eigenvalue weighted by Crippen LogP contribution is 2.35. The lowest BCUT2D eigenvalue weighted by molar-refractivity contribution is -0.127. The SMILES string of the molecule is COc1ccc(NC(=O)c2ccc(Cl)c(N=NC(C(C)=O)C(=O)Nc3ccc(NC(=O)C(N=Nc4cc(C(=O)Nc5ccc(OC)cc5C(C)Cl)ccc4Cl)C(C)=O)c(CCl)c3)c2)c(C(C)Cl)c1. The summed E-state index contributed by atoms with van der Waals surface area (Å²) in [6.45, 7) is 5.79. The Bertz CT molecular complexity index is 2820. The summed E-state index contributed by atoms with van der Waals surface area (Å²) in [4.78, 5) is 78.8. The van der Waals surface area contributed by atoms with Gasteiger partial charge in [-0.3, -0.25) is 28.8 Å². The quantitative estimate of drug-likeness (QED) is 0.0353. The molecule has 0 saturated heterocycles. The summed E-state index contributed by atoms with van der Waals surface area (Å²) in [6.07, 6.45) is 0. The fraction of sp³-hybridized carbons (Fsp3) is 0.234. The topological polar surface area (TPSA) is 218 Å². The second kappa shape index (κ2) is 24.0. The van der Waals surface area contributed by atoms with Crippen molar-refractivity contribution in [1.29, 1.82) is 0 Å². The van der Waals surface area contributed by atoms with E-state index in [2.05, 4.69) is 41.7 Å². The number of carbonyl (C=O) groups excluding carboxylic acids is 6. The minimum Gasteiger partial charge on any atom is -0.497 e. The molecule has 5 aromatic carbocycles. The van der Waals surface area contributed by atoms with Crippen LogP contribution in [0.2, 0.25) is 10.0 Å². The van der Waals surface area contributed by atoms with E-state index in [1.165, 1.54) is 68.8 Å². The molecule has 0 spiro atoms. The van der Waals surface area contributed by atoms with Crippen molar-refractivity contribution >= 4 is 127 Å².